The number of aliphatic hydroxyl groups excluding tert-OH is 1. The summed E-state index contributed by atoms with van der Waals surface area (Å²) in [6, 6.07) is 5.04. The Hall–Kier alpha value is 0.0500. The fraction of sp³-hybridized carbons (Fsp3) is 0.500. The third-order valence-corrected chi connectivity index (χ3v) is 5.51. The fourth-order valence-corrected chi connectivity index (χ4v) is 4.13. The van der Waals surface area contributed by atoms with Crippen LogP contribution in [0.2, 0.25) is 0 Å². The number of sulfonamides is 1. The number of rotatable bonds is 8. The third kappa shape index (κ3) is 5.91. The Labute approximate surface area is 130 Å². The molecular weight excluding hydrogens is 398 g/mol. The SMILES string of the molecule is O=S(=O)(NCCCCCCO)c1cc(Br)ccc1Br. The molecule has 2 N–H and O–H groups in total. The largest absolute Gasteiger partial charge is 0.396 e. The van der Waals surface area contributed by atoms with Crippen molar-refractivity contribution in [3.05, 3.63) is 27.1 Å². The van der Waals surface area contributed by atoms with Gasteiger partial charge in [0.15, 0.2) is 0 Å². The van der Waals surface area contributed by atoms with Crippen LogP contribution in [0.15, 0.2) is 32.0 Å². The fourth-order valence-electron chi connectivity index (χ4n) is 1.56. The van der Waals surface area contributed by atoms with Gasteiger partial charge in [0.25, 0.3) is 0 Å². The topological polar surface area (TPSA) is 66.4 Å². The van der Waals surface area contributed by atoms with E-state index in [0.29, 0.717) is 11.0 Å². The van der Waals surface area contributed by atoms with Crippen molar-refractivity contribution in [2.45, 2.75) is 30.6 Å². The summed E-state index contributed by atoms with van der Waals surface area (Å²) in [5.74, 6) is 0. The molecule has 0 bridgehead atoms. The monoisotopic (exact) mass is 413 g/mol. The molecule has 0 aliphatic heterocycles. The Bertz CT molecular complexity index is 506. The molecule has 0 heterocycles. The second-order valence-electron chi connectivity index (χ2n) is 4.11. The second-order valence-corrected chi connectivity index (χ2v) is 7.62. The summed E-state index contributed by atoms with van der Waals surface area (Å²) < 4.78 is 28.0. The Morgan fingerprint density at radius 3 is 2.47 bits per heavy atom. The highest BCUT2D eigenvalue weighted by atomic mass is 79.9. The Morgan fingerprint density at radius 2 is 1.79 bits per heavy atom. The Balaban J connectivity index is 2.54. The molecule has 1 aromatic rings. The van der Waals surface area contributed by atoms with E-state index in [-0.39, 0.29) is 11.5 Å². The van der Waals surface area contributed by atoms with Crippen LogP contribution in [0.3, 0.4) is 0 Å². The number of aliphatic hydroxyl groups is 1. The first-order valence-corrected chi connectivity index (χ1v) is 9.10. The maximum absolute atomic E-state index is 12.1. The highest BCUT2D eigenvalue weighted by Crippen LogP contribution is 2.25. The van der Waals surface area contributed by atoms with Crippen molar-refractivity contribution in [1.29, 1.82) is 0 Å². The molecule has 0 spiro atoms. The van der Waals surface area contributed by atoms with Gasteiger partial charge in [0, 0.05) is 22.1 Å². The van der Waals surface area contributed by atoms with E-state index in [1.54, 1.807) is 18.2 Å². The van der Waals surface area contributed by atoms with Crippen molar-refractivity contribution < 1.29 is 13.5 Å². The summed E-state index contributed by atoms with van der Waals surface area (Å²) in [6.07, 6.45) is 3.36. The number of hydrogen-bond acceptors (Lipinski definition) is 3. The summed E-state index contributed by atoms with van der Waals surface area (Å²) in [4.78, 5) is 0.234. The van der Waals surface area contributed by atoms with E-state index in [1.807, 2.05) is 0 Å². The smallest absolute Gasteiger partial charge is 0.241 e. The molecule has 1 rings (SSSR count). The number of nitrogens with one attached hydrogen (secondary N) is 1. The van der Waals surface area contributed by atoms with Gasteiger partial charge in [0.1, 0.15) is 0 Å². The molecule has 0 fully saturated rings. The van der Waals surface area contributed by atoms with Crippen LogP contribution in [0.5, 0.6) is 0 Å². The highest BCUT2D eigenvalue weighted by molar-refractivity contribution is 9.11. The molecule has 0 unspecified atom stereocenters. The maximum atomic E-state index is 12.1. The molecule has 0 amide bonds. The Kier molecular flexibility index (Phi) is 7.53. The van der Waals surface area contributed by atoms with Gasteiger partial charge in [-0.15, -0.1) is 0 Å². The number of benzene rings is 1. The van der Waals surface area contributed by atoms with Crippen LogP contribution in [0.25, 0.3) is 0 Å². The van der Waals surface area contributed by atoms with Crippen molar-refractivity contribution in [2.75, 3.05) is 13.2 Å². The predicted molar refractivity (Wildman–Crippen MR) is 82.6 cm³/mol. The van der Waals surface area contributed by atoms with Gasteiger partial charge >= 0.3 is 0 Å². The summed E-state index contributed by atoms with van der Waals surface area (Å²) in [5, 5.41) is 8.64. The molecule has 108 valence electrons. The van der Waals surface area contributed by atoms with E-state index in [4.69, 9.17) is 5.11 Å². The lowest BCUT2D eigenvalue weighted by Crippen LogP contribution is -2.25. The van der Waals surface area contributed by atoms with Gasteiger partial charge in [-0.25, -0.2) is 13.1 Å². The lowest BCUT2D eigenvalue weighted by Gasteiger charge is -2.08. The molecule has 19 heavy (non-hydrogen) atoms. The van der Waals surface area contributed by atoms with E-state index < -0.39 is 10.0 Å². The zero-order chi connectivity index (χ0) is 14.3. The molecule has 0 aliphatic carbocycles. The summed E-state index contributed by atoms with van der Waals surface area (Å²) in [5.41, 5.74) is 0. The summed E-state index contributed by atoms with van der Waals surface area (Å²) in [6.45, 7) is 0.601. The number of halogens is 2. The zero-order valence-corrected chi connectivity index (χ0v) is 14.4. The first-order chi connectivity index (χ1) is 8.97. The molecule has 0 radical (unpaired) electrons. The van der Waals surface area contributed by atoms with Crippen molar-refractivity contribution in [3.8, 4) is 0 Å². The summed E-state index contributed by atoms with van der Waals surface area (Å²) >= 11 is 6.50. The van der Waals surface area contributed by atoms with Crippen LogP contribution in [0, 0.1) is 0 Å². The number of unbranched alkanes of at least 4 members (excludes halogenated alkanes) is 3. The van der Waals surface area contributed by atoms with E-state index in [2.05, 4.69) is 36.6 Å². The average Bonchev–Trinajstić information content (AvgIpc) is 2.36. The van der Waals surface area contributed by atoms with E-state index in [0.717, 1.165) is 30.2 Å². The molecule has 7 heteroatoms. The van der Waals surface area contributed by atoms with Crippen LogP contribution >= 0.6 is 31.9 Å². The zero-order valence-electron chi connectivity index (χ0n) is 10.4. The van der Waals surface area contributed by atoms with Crippen molar-refractivity contribution in [1.82, 2.24) is 4.72 Å². The van der Waals surface area contributed by atoms with E-state index >= 15 is 0 Å². The quantitative estimate of drug-likeness (QED) is 0.642. The van der Waals surface area contributed by atoms with Gasteiger partial charge in [-0.2, -0.15) is 0 Å². The predicted octanol–water partition coefficient (Wildman–Crippen LogP) is 3.04. The van der Waals surface area contributed by atoms with Crippen LogP contribution in [0.4, 0.5) is 0 Å². The van der Waals surface area contributed by atoms with Crippen LogP contribution < -0.4 is 4.72 Å². The van der Waals surface area contributed by atoms with Gasteiger partial charge in [-0.05, 0) is 47.0 Å². The molecule has 0 saturated heterocycles. The molecule has 0 aliphatic rings. The minimum absolute atomic E-state index is 0.191. The van der Waals surface area contributed by atoms with Crippen LogP contribution in [0.1, 0.15) is 25.7 Å². The molecular formula is C12H17Br2NO3S. The maximum Gasteiger partial charge on any atom is 0.241 e. The van der Waals surface area contributed by atoms with Gasteiger partial charge < -0.3 is 5.11 Å². The highest BCUT2D eigenvalue weighted by Gasteiger charge is 2.17. The Morgan fingerprint density at radius 1 is 1.11 bits per heavy atom. The average molecular weight is 415 g/mol. The van der Waals surface area contributed by atoms with E-state index in [1.165, 1.54) is 0 Å². The lowest BCUT2D eigenvalue weighted by atomic mass is 10.2. The van der Waals surface area contributed by atoms with Crippen molar-refractivity contribution in [2.24, 2.45) is 0 Å². The van der Waals surface area contributed by atoms with Crippen molar-refractivity contribution in [3.63, 3.8) is 0 Å². The van der Waals surface area contributed by atoms with Gasteiger partial charge in [-0.3, -0.25) is 0 Å². The summed E-state index contributed by atoms with van der Waals surface area (Å²) in [7, 11) is -3.48. The van der Waals surface area contributed by atoms with Crippen LogP contribution in [-0.4, -0.2) is 26.7 Å². The molecule has 0 atom stereocenters. The molecule has 0 aromatic heterocycles. The first-order valence-electron chi connectivity index (χ1n) is 6.03. The van der Waals surface area contributed by atoms with Gasteiger partial charge in [-0.1, -0.05) is 28.8 Å². The number of hydrogen-bond donors (Lipinski definition) is 2. The standard InChI is InChI=1S/C12H17Br2NO3S/c13-10-5-6-11(14)12(9-10)19(17,18)15-7-3-1-2-4-8-16/h5-6,9,15-16H,1-4,7-8H2. The minimum Gasteiger partial charge on any atom is -0.396 e. The third-order valence-electron chi connectivity index (χ3n) is 2.56. The minimum atomic E-state index is -3.48. The second kappa shape index (κ2) is 8.36. The normalized spacial score (nSPS) is 11.7. The molecule has 1 aromatic carbocycles. The van der Waals surface area contributed by atoms with Gasteiger partial charge in [0.2, 0.25) is 10.0 Å². The first kappa shape index (κ1) is 17.1. The van der Waals surface area contributed by atoms with Gasteiger partial charge in [0.05, 0.1) is 4.90 Å². The van der Waals surface area contributed by atoms with Crippen molar-refractivity contribution >= 4 is 41.9 Å². The molecule has 0 saturated carbocycles. The van der Waals surface area contributed by atoms with E-state index in [9.17, 15) is 8.42 Å². The lowest BCUT2D eigenvalue weighted by molar-refractivity contribution is 0.282. The molecule has 4 nitrogen and oxygen atoms in total. The van der Waals surface area contributed by atoms with Crippen LogP contribution in [-0.2, 0) is 10.0 Å².